The van der Waals surface area contributed by atoms with Gasteiger partial charge in [-0.2, -0.15) is 14.5 Å². The van der Waals surface area contributed by atoms with Gasteiger partial charge in [0.15, 0.2) is 0 Å². The van der Waals surface area contributed by atoms with Gasteiger partial charge < -0.3 is 4.74 Å². The second-order valence-corrected chi connectivity index (χ2v) is 7.54. The van der Waals surface area contributed by atoms with Gasteiger partial charge in [0, 0.05) is 36.4 Å². The van der Waals surface area contributed by atoms with Gasteiger partial charge in [-0.1, -0.05) is 17.7 Å². The number of halogens is 1. The Hall–Kier alpha value is -3.39. The Labute approximate surface area is 178 Å². The smallest absolute Gasteiger partial charge is 0.368 e. The highest BCUT2D eigenvalue weighted by Gasteiger charge is 2.15. The van der Waals surface area contributed by atoms with E-state index in [1.165, 1.54) is 4.68 Å². The molecular weight excluding hydrogens is 404 g/mol. The van der Waals surface area contributed by atoms with Crippen LogP contribution in [0.15, 0.2) is 47.4 Å². The molecule has 0 unspecified atom stereocenters. The molecule has 8 nitrogen and oxygen atoms in total. The van der Waals surface area contributed by atoms with Crippen LogP contribution in [0.5, 0.6) is 5.75 Å². The minimum absolute atomic E-state index is 0.181. The Morgan fingerprint density at radius 2 is 1.87 bits per heavy atom. The number of hydrogen-bond donors (Lipinski definition) is 0. The first-order chi connectivity index (χ1) is 14.3. The first-order valence-electron chi connectivity index (χ1n) is 9.36. The molecular formula is C21H21ClN6O2. The first-order valence-corrected chi connectivity index (χ1v) is 9.74. The molecule has 0 amide bonds. The van der Waals surface area contributed by atoms with Crippen molar-refractivity contribution in [1.29, 1.82) is 0 Å². The predicted molar refractivity (Wildman–Crippen MR) is 114 cm³/mol. The quantitative estimate of drug-likeness (QED) is 0.491. The van der Waals surface area contributed by atoms with Crippen molar-refractivity contribution in [3.63, 3.8) is 0 Å². The van der Waals surface area contributed by atoms with Gasteiger partial charge in [0.1, 0.15) is 12.4 Å². The van der Waals surface area contributed by atoms with E-state index in [-0.39, 0.29) is 12.3 Å². The lowest BCUT2D eigenvalue weighted by molar-refractivity contribution is 0.303. The zero-order valence-corrected chi connectivity index (χ0v) is 17.9. The highest BCUT2D eigenvalue weighted by atomic mass is 35.5. The van der Waals surface area contributed by atoms with E-state index in [2.05, 4.69) is 15.5 Å². The summed E-state index contributed by atoms with van der Waals surface area (Å²) in [7, 11) is 3.45. The Bertz CT molecular complexity index is 1290. The highest BCUT2D eigenvalue weighted by Crippen LogP contribution is 2.29. The number of nitrogens with zero attached hydrogens (tertiary/aromatic N) is 6. The summed E-state index contributed by atoms with van der Waals surface area (Å²) in [5.41, 5.74) is 4.91. The third-order valence-electron chi connectivity index (χ3n) is 4.88. The maximum Gasteiger partial charge on any atom is 0.368 e. The van der Waals surface area contributed by atoms with Gasteiger partial charge in [0.25, 0.3) is 0 Å². The Kier molecular flexibility index (Phi) is 5.17. The standard InChI is InChI=1S/C21H21ClN6O2/c1-13-10-15(20-14(2)11-26(3)23-20)8-9-19(13)30-12-16-17(22)6-5-7-18(16)28-21(29)27(4)24-25-28/h5-11H,12H2,1-4H3. The minimum Gasteiger partial charge on any atom is -0.488 e. The van der Waals surface area contributed by atoms with Crippen LogP contribution >= 0.6 is 11.6 Å². The van der Waals surface area contributed by atoms with Crippen molar-refractivity contribution in [3.8, 4) is 22.7 Å². The summed E-state index contributed by atoms with van der Waals surface area (Å²) in [5.74, 6) is 0.727. The van der Waals surface area contributed by atoms with Gasteiger partial charge in [-0.15, -0.1) is 0 Å². The van der Waals surface area contributed by atoms with Crippen LogP contribution < -0.4 is 10.4 Å². The summed E-state index contributed by atoms with van der Waals surface area (Å²) >= 11 is 6.41. The molecule has 0 spiro atoms. The molecule has 0 aliphatic carbocycles. The second kappa shape index (κ2) is 7.79. The maximum atomic E-state index is 12.3. The van der Waals surface area contributed by atoms with E-state index in [0.717, 1.165) is 32.8 Å². The molecule has 30 heavy (non-hydrogen) atoms. The van der Waals surface area contributed by atoms with Crippen LogP contribution in [-0.2, 0) is 20.7 Å². The average molecular weight is 425 g/mol. The van der Waals surface area contributed by atoms with Gasteiger partial charge in [0.05, 0.1) is 11.4 Å². The summed E-state index contributed by atoms with van der Waals surface area (Å²) in [6, 6.07) is 11.2. The molecule has 4 aromatic rings. The molecule has 2 aromatic heterocycles. The van der Waals surface area contributed by atoms with E-state index in [4.69, 9.17) is 16.3 Å². The molecule has 154 valence electrons. The second-order valence-electron chi connectivity index (χ2n) is 7.14. The normalized spacial score (nSPS) is 11.1. The van der Waals surface area contributed by atoms with E-state index in [0.29, 0.717) is 16.3 Å². The number of benzene rings is 2. The van der Waals surface area contributed by atoms with Crippen LogP contribution in [0, 0.1) is 13.8 Å². The summed E-state index contributed by atoms with van der Waals surface area (Å²) < 4.78 is 10.2. The fraction of sp³-hybridized carbons (Fsp3) is 0.238. The Balaban J connectivity index is 1.62. The zero-order chi connectivity index (χ0) is 21.4. The molecule has 0 aliphatic rings. The average Bonchev–Trinajstić information content (AvgIpc) is 3.22. The van der Waals surface area contributed by atoms with Crippen molar-refractivity contribution in [2.75, 3.05) is 0 Å². The van der Waals surface area contributed by atoms with Crippen molar-refractivity contribution in [2.24, 2.45) is 14.1 Å². The first kappa shape index (κ1) is 19.9. The monoisotopic (exact) mass is 424 g/mol. The van der Waals surface area contributed by atoms with Crippen molar-refractivity contribution >= 4 is 11.6 Å². The number of hydrogen-bond acceptors (Lipinski definition) is 5. The van der Waals surface area contributed by atoms with Gasteiger partial charge >= 0.3 is 5.69 Å². The third-order valence-corrected chi connectivity index (χ3v) is 5.23. The molecule has 0 radical (unpaired) electrons. The molecule has 9 heteroatoms. The lowest BCUT2D eigenvalue weighted by atomic mass is 10.1. The van der Waals surface area contributed by atoms with Gasteiger partial charge in [0.2, 0.25) is 0 Å². The lowest BCUT2D eigenvalue weighted by Crippen LogP contribution is -2.23. The molecule has 2 heterocycles. The Morgan fingerprint density at radius 3 is 2.50 bits per heavy atom. The van der Waals surface area contributed by atoms with E-state index in [9.17, 15) is 4.79 Å². The van der Waals surface area contributed by atoms with Crippen molar-refractivity contribution < 1.29 is 4.74 Å². The SMILES string of the molecule is Cc1cc(-c2nn(C)cc2C)ccc1OCc1c(Cl)cccc1-n1nnn(C)c1=O. The predicted octanol–water partition coefficient (Wildman–Crippen LogP) is 3.22. The van der Waals surface area contributed by atoms with Crippen LogP contribution in [0.2, 0.25) is 5.02 Å². The van der Waals surface area contributed by atoms with E-state index in [1.807, 2.05) is 45.3 Å². The van der Waals surface area contributed by atoms with Crippen molar-refractivity contribution in [2.45, 2.75) is 20.5 Å². The molecule has 2 aromatic carbocycles. The largest absolute Gasteiger partial charge is 0.488 e. The number of tetrazole rings is 1. The molecule has 4 rings (SSSR count). The van der Waals surface area contributed by atoms with Crippen LogP contribution in [-0.4, -0.2) is 29.6 Å². The molecule has 0 aliphatic heterocycles. The van der Waals surface area contributed by atoms with Crippen molar-refractivity contribution in [1.82, 2.24) is 29.6 Å². The molecule has 0 atom stereocenters. The topological polar surface area (TPSA) is 79.8 Å². The molecule has 0 saturated heterocycles. The zero-order valence-electron chi connectivity index (χ0n) is 17.1. The van der Waals surface area contributed by atoms with Crippen LogP contribution in [0.25, 0.3) is 16.9 Å². The van der Waals surface area contributed by atoms with E-state index < -0.39 is 0 Å². The summed E-state index contributed by atoms with van der Waals surface area (Å²) in [4.78, 5) is 12.3. The van der Waals surface area contributed by atoms with Crippen molar-refractivity contribution in [3.05, 3.63) is 74.8 Å². The summed E-state index contributed by atoms with van der Waals surface area (Å²) in [6.45, 7) is 4.20. The Morgan fingerprint density at radius 1 is 1.07 bits per heavy atom. The fourth-order valence-corrected chi connectivity index (χ4v) is 3.58. The molecule has 0 N–H and O–H groups in total. The summed E-state index contributed by atoms with van der Waals surface area (Å²) in [6.07, 6.45) is 1.99. The van der Waals surface area contributed by atoms with Gasteiger partial charge in [-0.25, -0.2) is 4.79 Å². The number of aryl methyl sites for hydroxylation is 4. The van der Waals surface area contributed by atoms with E-state index >= 15 is 0 Å². The summed E-state index contributed by atoms with van der Waals surface area (Å²) in [5, 5.41) is 12.7. The maximum absolute atomic E-state index is 12.3. The van der Waals surface area contributed by atoms with E-state index in [1.54, 1.807) is 29.9 Å². The number of aromatic nitrogens is 6. The molecule has 0 fully saturated rings. The van der Waals surface area contributed by atoms with Gasteiger partial charge in [-0.05, 0) is 65.7 Å². The van der Waals surface area contributed by atoms with Crippen LogP contribution in [0.1, 0.15) is 16.7 Å². The highest BCUT2D eigenvalue weighted by molar-refractivity contribution is 6.31. The number of ether oxygens (including phenoxy) is 1. The molecule has 0 saturated carbocycles. The molecule has 0 bridgehead atoms. The van der Waals surface area contributed by atoms with Crippen LogP contribution in [0.3, 0.4) is 0 Å². The van der Waals surface area contributed by atoms with Gasteiger partial charge in [-0.3, -0.25) is 4.68 Å². The minimum atomic E-state index is -0.357. The fourth-order valence-electron chi connectivity index (χ4n) is 3.35. The third kappa shape index (κ3) is 3.61. The lowest BCUT2D eigenvalue weighted by Gasteiger charge is -2.14. The number of rotatable bonds is 5. The van der Waals surface area contributed by atoms with Crippen LogP contribution in [0.4, 0.5) is 0 Å².